The van der Waals surface area contributed by atoms with Crippen LogP contribution < -0.4 is 16.4 Å². The Morgan fingerprint density at radius 1 is 1.33 bits per heavy atom. The van der Waals surface area contributed by atoms with Crippen LogP contribution in [0.1, 0.15) is 18.5 Å². The Kier molecular flexibility index (Phi) is 4.55. The Labute approximate surface area is 102 Å². The number of amides is 2. The number of carbonyl (C=O) groups excluding carboxylic acids is 1. The lowest BCUT2D eigenvalue weighted by atomic mass is 10.1. The van der Waals surface area contributed by atoms with E-state index in [0.717, 1.165) is 5.56 Å². The molecule has 0 saturated heterocycles. The van der Waals surface area contributed by atoms with Crippen LogP contribution >= 0.6 is 0 Å². The van der Waals surface area contributed by atoms with Crippen molar-refractivity contribution < 1.29 is 18.0 Å². The number of hydrogen-bond donors (Lipinski definition) is 3. The summed E-state index contributed by atoms with van der Waals surface area (Å²) in [4.78, 5) is 11.1. The molecule has 1 unspecified atom stereocenters. The molecule has 0 radical (unpaired) electrons. The van der Waals surface area contributed by atoms with Crippen LogP contribution in [0.25, 0.3) is 0 Å². The molecular formula is C11H14F3N3O. The molecule has 2 amide bonds. The van der Waals surface area contributed by atoms with Gasteiger partial charge in [-0.1, -0.05) is 12.1 Å². The fourth-order valence-corrected chi connectivity index (χ4v) is 1.23. The Balaban J connectivity index is 2.50. The van der Waals surface area contributed by atoms with Crippen LogP contribution in [-0.4, -0.2) is 18.8 Å². The molecule has 1 atom stereocenters. The van der Waals surface area contributed by atoms with E-state index < -0.39 is 18.8 Å². The number of nitrogens with two attached hydrogens (primary N) is 1. The zero-order valence-electron chi connectivity index (χ0n) is 9.71. The smallest absolute Gasteiger partial charge is 0.329 e. The zero-order chi connectivity index (χ0) is 13.8. The molecule has 7 heteroatoms. The molecule has 0 aliphatic carbocycles. The highest BCUT2D eigenvalue weighted by atomic mass is 19.4. The van der Waals surface area contributed by atoms with Gasteiger partial charge in [0.2, 0.25) is 0 Å². The van der Waals surface area contributed by atoms with Crippen LogP contribution in [-0.2, 0) is 0 Å². The molecule has 1 rings (SSSR count). The van der Waals surface area contributed by atoms with Crippen molar-refractivity contribution in [3.63, 3.8) is 0 Å². The third-order valence-electron chi connectivity index (χ3n) is 2.14. The molecule has 1 aromatic rings. The first-order chi connectivity index (χ1) is 8.28. The molecule has 1 aromatic carbocycles. The Morgan fingerprint density at radius 2 is 1.89 bits per heavy atom. The number of urea groups is 1. The summed E-state index contributed by atoms with van der Waals surface area (Å²) in [5.74, 6) is 0. The van der Waals surface area contributed by atoms with Gasteiger partial charge in [-0.25, -0.2) is 4.79 Å². The van der Waals surface area contributed by atoms with E-state index in [1.54, 1.807) is 36.5 Å². The molecule has 4 nitrogen and oxygen atoms in total. The maximum Gasteiger partial charge on any atom is 0.405 e. The molecule has 0 heterocycles. The van der Waals surface area contributed by atoms with Crippen molar-refractivity contribution in [3.05, 3.63) is 29.8 Å². The van der Waals surface area contributed by atoms with Crippen LogP contribution in [0.15, 0.2) is 24.3 Å². The van der Waals surface area contributed by atoms with Crippen molar-refractivity contribution >= 4 is 11.7 Å². The maximum absolute atomic E-state index is 11.8. The van der Waals surface area contributed by atoms with Crippen molar-refractivity contribution in [1.82, 2.24) is 5.32 Å². The van der Waals surface area contributed by atoms with E-state index in [0.29, 0.717) is 5.69 Å². The first-order valence-electron chi connectivity index (χ1n) is 5.25. The molecule has 100 valence electrons. The predicted molar refractivity (Wildman–Crippen MR) is 62.1 cm³/mol. The summed E-state index contributed by atoms with van der Waals surface area (Å²) >= 11 is 0. The lowest BCUT2D eigenvalue weighted by Crippen LogP contribution is -2.36. The Bertz CT molecular complexity index is 401. The molecule has 0 aliphatic heterocycles. The van der Waals surface area contributed by atoms with Gasteiger partial charge in [0.25, 0.3) is 0 Å². The minimum Gasteiger partial charge on any atom is -0.329 e. The summed E-state index contributed by atoms with van der Waals surface area (Å²) in [6.07, 6.45) is -4.42. The molecule has 0 aliphatic rings. The van der Waals surface area contributed by atoms with E-state index in [9.17, 15) is 18.0 Å². The van der Waals surface area contributed by atoms with E-state index in [1.807, 2.05) is 0 Å². The second-order valence-corrected chi connectivity index (χ2v) is 3.83. The van der Waals surface area contributed by atoms with Crippen molar-refractivity contribution in [3.8, 4) is 0 Å². The van der Waals surface area contributed by atoms with Crippen molar-refractivity contribution in [2.75, 3.05) is 11.9 Å². The average Bonchev–Trinajstić information content (AvgIpc) is 2.26. The minimum atomic E-state index is -4.42. The fourth-order valence-electron chi connectivity index (χ4n) is 1.23. The second-order valence-electron chi connectivity index (χ2n) is 3.83. The van der Waals surface area contributed by atoms with Crippen LogP contribution in [0.5, 0.6) is 0 Å². The van der Waals surface area contributed by atoms with Crippen molar-refractivity contribution in [2.45, 2.75) is 19.1 Å². The molecule has 0 spiro atoms. The third kappa shape index (κ3) is 5.05. The SMILES string of the molecule is CC(N)c1ccc(NC(=O)NCC(F)(F)F)cc1. The first-order valence-corrected chi connectivity index (χ1v) is 5.25. The predicted octanol–water partition coefficient (Wildman–Crippen LogP) is 2.39. The number of carbonyl (C=O) groups is 1. The Morgan fingerprint density at radius 3 is 2.33 bits per heavy atom. The molecule has 0 saturated carbocycles. The van der Waals surface area contributed by atoms with Gasteiger partial charge in [0.15, 0.2) is 0 Å². The van der Waals surface area contributed by atoms with Gasteiger partial charge in [-0.05, 0) is 24.6 Å². The van der Waals surface area contributed by atoms with Crippen LogP contribution in [0.2, 0.25) is 0 Å². The van der Waals surface area contributed by atoms with Gasteiger partial charge >= 0.3 is 12.2 Å². The average molecular weight is 261 g/mol. The van der Waals surface area contributed by atoms with Crippen LogP contribution in [0.4, 0.5) is 23.7 Å². The summed E-state index contributed by atoms with van der Waals surface area (Å²) in [7, 11) is 0. The number of anilines is 1. The monoisotopic (exact) mass is 261 g/mol. The van der Waals surface area contributed by atoms with E-state index >= 15 is 0 Å². The first kappa shape index (κ1) is 14.3. The van der Waals surface area contributed by atoms with Gasteiger partial charge < -0.3 is 16.4 Å². The number of halogens is 3. The normalized spacial score (nSPS) is 12.9. The van der Waals surface area contributed by atoms with Crippen LogP contribution in [0.3, 0.4) is 0 Å². The fraction of sp³-hybridized carbons (Fsp3) is 0.364. The maximum atomic E-state index is 11.8. The van der Waals surface area contributed by atoms with Crippen molar-refractivity contribution in [1.29, 1.82) is 0 Å². The molecule has 0 fully saturated rings. The number of hydrogen-bond acceptors (Lipinski definition) is 2. The summed E-state index contributed by atoms with van der Waals surface area (Å²) in [5.41, 5.74) is 6.91. The van der Waals surface area contributed by atoms with E-state index in [2.05, 4.69) is 5.32 Å². The van der Waals surface area contributed by atoms with E-state index in [-0.39, 0.29) is 6.04 Å². The number of rotatable bonds is 3. The molecule has 18 heavy (non-hydrogen) atoms. The van der Waals surface area contributed by atoms with Gasteiger partial charge in [-0.15, -0.1) is 0 Å². The minimum absolute atomic E-state index is 0.141. The highest BCUT2D eigenvalue weighted by molar-refractivity contribution is 5.89. The second kappa shape index (κ2) is 5.72. The lowest BCUT2D eigenvalue weighted by molar-refractivity contribution is -0.122. The zero-order valence-corrected chi connectivity index (χ0v) is 9.71. The number of alkyl halides is 3. The van der Waals surface area contributed by atoms with Gasteiger partial charge in [-0.2, -0.15) is 13.2 Å². The van der Waals surface area contributed by atoms with Crippen LogP contribution in [0, 0.1) is 0 Å². The summed E-state index contributed by atoms with van der Waals surface area (Å²) < 4.78 is 35.5. The topological polar surface area (TPSA) is 67.1 Å². The highest BCUT2D eigenvalue weighted by Gasteiger charge is 2.27. The Hall–Kier alpha value is -1.76. The number of nitrogens with one attached hydrogen (secondary N) is 2. The van der Waals surface area contributed by atoms with E-state index in [4.69, 9.17) is 5.73 Å². The summed E-state index contributed by atoms with van der Waals surface area (Å²) in [5, 5.41) is 4.00. The lowest BCUT2D eigenvalue weighted by Gasteiger charge is -2.11. The van der Waals surface area contributed by atoms with Crippen molar-refractivity contribution in [2.24, 2.45) is 5.73 Å². The summed E-state index contributed by atoms with van der Waals surface area (Å²) in [6.45, 7) is 0.440. The van der Waals surface area contributed by atoms with Gasteiger partial charge in [0, 0.05) is 11.7 Å². The third-order valence-corrected chi connectivity index (χ3v) is 2.14. The van der Waals surface area contributed by atoms with E-state index in [1.165, 1.54) is 0 Å². The van der Waals surface area contributed by atoms with Gasteiger partial charge in [0.05, 0.1) is 0 Å². The molecule has 4 N–H and O–H groups in total. The molecular weight excluding hydrogens is 247 g/mol. The molecule has 0 bridgehead atoms. The van der Waals surface area contributed by atoms with Gasteiger partial charge in [0.1, 0.15) is 6.54 Å². The largest absolute Gasteiger partial charge is 0.405 e. The highest BCUT2D eigenvalue weighted by Crippen LogP contribution is 2.15. The van der Waals surface area contributed by atoms with Gasteiger partial charge in [-0.3, -0.25) is 0 Å². The standard InChI is InChI=1S/C11H14F3N3O/c1-7(15)8-2-4-9(5-3-8)17-10(18)16-6-11(12,13)14/h2-5,7H,6,15H2,1H3,(H2,16,17,18). The quantitative estimate of drug-likeness (QED) is 0.782. The number of benzene rings is 1. The molecule has 0 aromatic heterocycles. The summed E-state index contributed by atoms with van der Waals surface area (Å²) in [6, 6.07) is 5.50.